The van der Waals surface area contributed by atoms with Crippen LogP contribution >= 0.6 is 0 Å². The minimum Gasteiger partial charge on any atom is -0.381 e. The number of guanidine groups is 1. The Bertz CT molecular complexity index is 780. The van der Waals surface area contributed by atoms with Gasteiger partial charge in [-0.25, -0.2) is 4.68 Å². The summed E-state index contributed by atoms with van der Waals surface area (Å²) in [5.74, 6) is 0.924. The average molecular weight is 399 g/mol. The fourth-order valence-corrected chi connectivity index (χ4v) is 3.70. The molecule has 29 heavy (non-hydrogen) atoms. The average Bonchev–Trinajstić information content (AvgIpc) is 3.20. The summed E-state index contributed by atoms with van der Waals surface area (Å²) in [7, 11) is 6.37. The van der Waals surface area contributed by atoms with Crippen molar-refractivity contribution in [2.45, 2.75) is 31.8 Å². The molecule has 1 aromatic heterocycles. The van der Waals surface area contributed by atoms with Gasteiger partial charge in [-0.1, -0.05) is 18.2 Å². The van der Waals surface area contributed by atoms with Crippen molar-refractivity contribution in [3.05, 3.63) is 48.3 Å². The molecule has 0 amide bonds. The van der Waals surface area contributed by atoms with Crippen molar-refractivity contribution in [1.82, 2.24) is 24.9 Å². The number of rotatable bonds is 7. The molecule has 0 aliphatic carbocycles. The van der Waals surface area contributed by atoms with E-state index >= 15 is 0 Å². The number of aliphatic imine (C=N–C) groups is 1. The summed E-state index contributed by atoms with van der Waals surface area (Å²) in [6.07, 6.45) is 6.02. The van der Waals surface area contributed by atoms with Crippen molar-refractivity contribution in [2.75, 3.05) is 47.4 Å². The Hall–Kier alpha value is -2.38. The fraction of sp³-hybridized carbons (Fsp3) is 0.545. The third kappa shape index (κ3) is 5.36. The summed E-state index contributed by atoms with van der Waals surface area (Å²) in [6.45, 7) is 6.06. The maximum absolute atomic E-state index is 5.58. The lowest BCUT2D eigenvalue weighted by molar-refractivity contribution is -0.00262. The van der Waals surface area contributed by atoms with Gasteiger partial charge in [0, 0.05) is 50.7 Å². The van der Waals surface area contributed by atoms with Crippen molar-refractivity contribution in [1.29, 1.82) is 0 Å². The first-order chi connectivity index (χ1) is 14.0. The van der Waals surface area contributed by atoms with Gasteiger partial charge in [-0.2, -0.15) is 5.10 Å². The molecule has 0 bridgehead atoms. The molecule has 1 N–H and O–H groups in total. The molecule has 2 heterocycles. The van der Waals surface area contributed by atoms with Gasteiger partial charge in [0.1, 0.15) is 0 Å². The van der Waals surface area contributed by atoms with E-state index in [0.717, 1.165) is 62.9 Å². The van der Waals surface area contributed by atoms with Gasteiger partial charge < -0.3 is 19.9 Å². The minimum atomic E-state index is 0.0674. The lowest BCUT2D eigenvalue weighted by atomic mass is 9.89. The molecule has 7 nitrogen and oxygen atoms in total. The van der Waals surface area contributed by atoms with Crippen LogP contribution in [0.4, 0.5) is 0 Å². The lowest BCUT2D eigenvalue weighted by Crippen LogP contribution is -2.51. The molecule has 1 saturated heterocycles. The predicted octanol–water partition coefficient (Wildman–Crippen LogP) is 2.38. The number of ether oxygens (including phenoxy) is 1. The summed E-state index contributed by atoms with van der Waals surface area (Å²) in [5, 5.41) is 7.94. The number of hydrogen-bond acceptors (Lipinski definition) is 4. The maximum Gasteiger partial charge on any atom is 0.194 e. The second-order valence-electron chi connectivity index (χ2n) is 7.89. The highest BCUT2D eigenvalue weighted by molar-refractivity contribution is 5.79. The highest BCUT2D eigenvalue weighted by atomic mass is 16.5. The third-order valence-electron chi connectivity index (χ3n) is 5.67. The number of likely N-dealkylation sites (N-methyl/N-ethyl adjacent to an activating group) is 1. The molecule has 2 aromatic rings. The normalized spacial score (nSPS) is 16.8. The zero-order valence-corrected chi connectivity index (χ0v) is 18.1. The van der Waals surface area contributed by atoms with E-state index in [-0.39, 0.29) is 5.54 Å². The van der Waals surface area contributed by atoms with Gasteiger partial charge in [-0.3, -0.25) is 4.99 Å². The first kappa shape index (κ1) is 21.3. The van der Waals surface area contributed by atoms with E-state index in [1.165, 1.54) is 0 Å². The van der Waals surface area contributed by atoms with Crippen LogP contribution in [0, 0.1) is 0 Å². The lowest BCUT2D eigenvalue weighted by Gasteiger charge is -2.42. The zero-order valence-electron chi connectivity index (χ0n) is 18.1. The number of hydrogen-bond donors (Lipinski definition) is 1. The summed E-state index contributed by atoms with van der Waals surface area (Å²) in [6, 6.07) is 10.2. The van der Waals surface area contributed by atoms with Gasteiger partial charge in [0.25, 0.3) is 0 Å². The van der Waals surface area contributed by atoms with Crippen molar-refractivity contribution in [2.24, 2.45) is 4.99 Å². The molecular formula is C22H34N6O. The van der Waals surface area contributed by atoms with Gasteiger partial charge >= 0.3 is 0 Å². The second kappa shape index (κ2) is 9.89. The summed E-state index contributed by atoms with van der Waals surface area (Å²) >= 11 is 0. The van der Waals surface area contributed by atoms with E-state index in [1.807, 2.05) is 29.1 Å². The van der Waals surface area contributed by atoms with E-state index in [0.29, 0.717) is 0 Å². The quantitative estimate of drug-likeness (QED) is 0.573. The first-order valence-corrected chi connectivity index (χ1v) is 10.4. The molecule has 0 unspecified atom stereocenters. The van der Waals surface area contributed by atoms with Crippen LogP contribution in [-0.2, 0) is 11.3 Å². The Balaban J connectivity index is 1.70. The van der Waals surface area contributed by atoms with Crippen LogP contribution in [0.25, 0.3) is 5.69 Å². The topological polar surface area (TPSA) is 57.9 Å². The number of benzene rings is 1. The van der Waals surface area contributed by atoms with Crippen LogP contribution in [0.15, 0.2) is 47.7 Å². The Morgan fingerprint density at radius 1 is 1.21 bits per heavy atom. The summed E-state index contributed by atoms with van der Waals surface area (Å²) in [5.41, 5.74) is 2.28. The van der Waals surface area contributed by atoms with Gasteiger partial charge in [0.05, 0.1) is 18.4 Å². The number of para-hydroxylation sites is 1. The van der Waals surface area contributed by atoms with E-state index < -0.39 is 0 Å². The molecule has 0 saturated carbocycles. The SMILES string of the molecule is CCNC(=NCC1(N(C)C)CCOCC1)N(C)Cc1cnn(-c2ccccc2)c1. The van der Waals surface area contributed by atoms with Gasteiger partial charge in [-0.15, -0.1) is 0 Å². The molecule has 1 aliphatic rings. The van der Waals surface area contributed by atoms with Crippen molar-refractivity contribution >= 4 is 5.96 Å². The Morgan fingerprint density at radius 2 is 1.93 bits per heavy atom. The molecule has 1 aliphatic heterocycles. The molecular weight excluding hydrogens is 364 g/mol. The van der Waals surface area contributed by atoms with Crippen LogP contribution in [0.1, 0.15) is 25.3 Å². The van der Waals surface area contributed by atoms with Crippen molar-refractivity contribution < 1.29 is 4.74 Å². The maximum atomic E-state index is 5.58. The largest absolute Gasteiger partial charge is 0.381 e. The predicted molar refractivity (Wildman–Crippen MR) is 117 cm³/mol. The molecule has 1 aromatic carbocycles. The van der Waals surface area contributed by atoms with Crippen LogP contribution in [0.2, 0.25) is 0 Å². The van der Waals surface area contributed by atoms with Crippen LogP contribution in [0.3, 0.4) is 0 Å². The Kier molecular flexibility index (Phi) is 7.28. The number of nitrogens with zero attached hydrogens (tertiary/aromatic N) is 5. The van der Waals surface area contributed by atoms with E-state index in [9.17, 15) is 0 Å². The smallest absolute Gasteiger partial charge is 0.194 e. The van der Waals surface area contributed by atoms with Gasteiger partial charge in [0.2, 0.25) is 0 Å². The molecule has 0 atom stereocenters. The second-order valence-corrected chi connectivity index (χ2v) is 7.89. The molecule has 3 rings (SSSR count). The summed E-state index contributed by atoms with van der Waals surface area (Å²) < 4.78 is 7.50. The Morgan fingerprint density at radius 3 is 2.59 bits per heavy atom. The van der Waals surface area contributed by atoms with Gasteiger partial charge in [0.15, 0.2) is 5.96 Å². The Labute approximate surface area is 174 Å². The highest BCUT2D eigenvalue weighted by Crippen LogP contribution is 2.26. The zero-order chi connectivity index (χ0) is 20.7. The van der Waals surface area contributed by atoms with E-state index in [2.05, 4.69) is 66.6 Å². The molecule has 7 heteroatoms. The van der Waals surface area contributed by atoms with E-state index in [4.69, 9.17) is 9.73 Å². The van der Waals surface area contributed by atoms with E-state index in [1.54, 1.807) is 0 Å². The first-order valence-electron chi connectivity index (χ1n) is 10.4. The minimum absolute atomic E-state index is 0.0674. The van der Waals surface area contributed by atoms with Crippen LogP contribution in [-0.4, -0.2) is 78.5 Å². The standard InChI is InChI=1S/C22H34N6O/c1-5-23-21(24-18-22(26(2)3)11-13-29-14-12-22)27(4)16-19-15-25-28(17-19)20-9-7-6-8-10-20/h6-10,15,17H,5,11-14,16,18H2,1-4H3,(H,23,24). The van der Waals surface area contributed by atoms with Gasteiger partial charge in [-0.05, 0) is 46.0 Å². The number of nitrogens with one attached hydrogen (secondary N) is 1. The van der Waals surface area contributed by atoms with Crippen LogP contribution < -0.4 is 5.32 Å². The van der Waals surface area contributed by atoms with Crippen molar-refractivity contribution in [3.8, 4) is 5.69 Å². The fourth-order valence-electron chi connectivity index (χ4n) is 3.70. The summed E-state index contributed by atoms with van der Waals surface area (Å²) in [4.78, 5) is 9.48. The third-order valence-corrected chi connectivity index (χ3v) is 5.67. The van der Waals surface area contributed by atoms with Crippen molar-refractivity contribution in [3.63, 3.8) is 0 Å². The monoisotopic (exact) mass is 398 g/mol. The molecule has 158 valence electrons. The highest BCUT2D eigenvalue weighted by Gasteiger charge is 2.34. The molecule has 1 fully saturated rings. The molecule has 0 radical (unpaired) electrons. The van der Waals surface area contributed by atoms with Crippen LogP contribution in [0.5, 0.6) is 0 Å². The molecule has 0 spiro atoms. The number of aromatic nitrogens is 2.